The molecule has 2 aromatic heterocycles. The maximum atomic E-state index is 13.5. The van der Waals surface area contributed by atoms with E-state index in [1.807, 2.05) is 22.8 Å². The van der Waals surface area contributed by atoms with Crippen molar-refractivity contribution in [3.8, 4) is 11.1 Å². The van der Waals surface area contributed by atoms with Gasteiger partial charge < -0.3 is 15.0 Å². The Bertz CT molecular complexity index is 1090. The molecule has 2 aliphatic heterocycles. The standard InChI is InChI=1S/C26H32N4O3/c31-15-21-20-14-29-22(10-9-19(26(29)33)17-4-3-11-27-12-17)23(20)30(13-16-7-8-16)24(21)25(32)28-18-5-1-2-6-18/h3-4,9-12,16,18,20-21,23-24,31H,1-2,5-8,13-15H2,(H,28,32)/t20-,21-,23+,24-/m1/s1. The van der Waals surface area contributed by atoms with Gasteiger partial charge in [-0.15, -0.1) is 0 Å². The molecule has 1 saturated heterocycles. The summed E-state index contributed by atoms with van der Waals surface area (Å²) in [5.74, 6) is 0.568. The Labute approximate surface area is 193 Å². The van der Waals surface area contributed by atoms with Crippen LogP contribution in [-0.4, -0.2) is 50.7 Å². The van der Waals surface area contributed by atoms with Crippen molar-refractivity contribution >= 4 is 5.91 Å². The van der Waals surface area contributed by atoms with Gasteiger partial charge in [-0.25, -0.2) is 0 Å². The van der Waals surface area contributed by atoms with E-state index in [1.165, 1.54) is 25.7 Å². The molecule has 0 unspecified atom stereocenters. The van der Waals surface area contributed by atoms with Crippen molar-refractivity contribution in [2.24, 2.45) is 17.8 Å². The monoisotopic (exact) mass is 448 g/mol. The predicted molar refractivity (Wildman–Crippen MR) is 124 cm³/mol. The quantitative estimate of drug-likeness (QED) is 0.708. The molecule has 0 bridgehead atoms. The van der Waals surface area contributed by atoms with Gasteiger partial charge in [0.25, 0.3) is 5.56 Å². The van der Waals surface area contributed by atoms with Crippen LogP contribution in [0.2, 0.25) is 0 Å². The Morgan fingerprint density at radius 1 is 1.15 bits per heavy atom. The molecule has 7 heteroatoms. The first-order chi connectivity index (χ1) is 16.2. The minimum atomic E-state index is -0.326. The highest BCUT2D eigenvalue weighted by Crippen LogP contribution is 2.50. The van der Waals surface area contributed by atoms with E-state index < -0.39 is 0 Å². The van der Waals surface area contributed by atoms with Gasteiger partial charge >= 0.3 is 0 Å². The second-order valence-electron chi connectivity index (χ2n) is 10.4. The Morgan fingerprint density at radius 2 is 1.97 bits per heavy atom. The largest absolute Gasteiger partial charge is 0.396 e. The van der Waals surface area contributed by atoms with Crippen molar-refractivity contribution < 1.29 is 9.90 Å². The van der Waals surface area contributed by atoms with E-state index in [-0.39, 0.29) is 48.0 Å². The van der Waals surface area contributed by atoms with E-state index in [4.69, 9.17) is 0 Å². The number of carbonyl (C=O) groups is 1. The lowest BCUT2D eigenvalue weighted by Gasteiger charge is -2.31. The number of hydrogen-bond donors (Lipinski definition) is 2. The van der Waals surface area contributed by atoms with Crippen molar-refractivity contribution in [1.29, 1.82) is 0 Å². The first-order valence-corrected chi connectivity index (χ1v) is 12.5. The number of rotatable bonds is 6. The topological polar surface area (TPSA) is 87.5 Å². The molecule has 33 heavy (non-hydrogen) atoms. The summed E-state index contributed by atoms with van der Waals surface area (Å²) in [5, 5.41) is 13.7. The number of pyridine rings is 2. The second-order valence-corrected chi connectivity index (χ2v) is 10.4. The second kappa shape index (κ2) is 8.37. The number of likely N-dealkylation sites (tertiary alicyclic amines) is 1. The Balaban J connectivity index is 1.36. The lowest BCUT2D eigenvalue weighted by Crippen LogP contribution is -2.51. The van der Waals surface area contributed by atoms with Gasteiger partial charge in [-0.05, 0) is 49.8 Å². The van der Waals surface area contributed by atoms with Gasteiger partial charge in [-0.2, -0.15) is 0 Å². The van der Waals surface area contributed by atoms with Gasteiger partial charge in [0.05, 0.1) is 12.1 Å². The van der Waals surface area contributed by atoms with Crippen molar-refractivity contribution in [3.63, 3.8) is 0 Å². The zero-order valence-corrected chi connectivity index (χ0v) is 18.9. The summed E-state index contributed by atoms with van der Waals surface area (Å²) in [4.78, 5) is 33.4. The molecule has 0 spiro atoms. The molecule has 3 fully saturated rings. The predicted octanol–water partition coefficient (Wildman–Crippen LogP) is 2.34. The van der Waals surface area contributed by atoms with Gasteiger partial charge in [-0.1, -0.05) is 18.9 Å². The third-order valence-electron chi connectivity index (χ3n) is 8.30. The number of fused-ring (bicyclic) bond motifs is 3. The molecular formula is C26H32N4O3. The molecule has 2 aromatic rings. The van der Waals surface area contributed by atoms with Crippen LogP contribution in [0.1, 0.15) is 50.3 Å². The highest BCUT2D eigenvalue weighted by molar-refractivity contribution is 5.83. The molecule has 2 aliphatic carbocycles. The lowest BCUT2D eigenvalue weighted by atomic mass is 9.88. The Morgan fingerprint density at radius 3 is 2.67 bits per heavy atom. The SMILES string of the molecule is O=C(NC1CCCC1)[C@H]1[C@H](CO)[C@H]2Cn3c(ccc(-c4cccnc4)c3=O)[C@H]2N1CC1CC1. The van der Waals surface area contributed by atoms with Crippen LogP contribution in [0.3, 0.4) is 0 Å². The zero-order chi connectivity index (χ0) is 22.5. The first-order valence-electron chi connectivity index (χ1n) is 12.5. The maximum Gasteiger partial charge on any atom is 0.258 e. The van der Waals surface area contributed by atoms with Crippen molar-refractivity contribution in [2.45, 2.75) is 63.2 Å². The van der Waals surface area contributed by atoms with Gasteiger partial charge in [0.2, 0.25) is 5.91 Å². The van der Waals surface area contributed by atoms with Gasteiger partial charge in [0, 0.05) is 66.8 Å². The summed E-state index contributed by atoms with van der Waals surface area (Å²) < 4.78 is 1.88. The molecule has 0 radical (unpaired) electrons. The van der Waals surface area contributed by atoms with Crippen LogP contribution in [0.15, 0.2) is 41.5 Å². The summed E-state index contributed by atoms with van der Waals surface area (Å²) >= 11 is 0. The van der Waals surface area contributed by atoms with Crippen LogP contribution >= 0.6 is 0 Å². The fraction of sp³-hybridized carbons (Fsp3) is 0.577. The summed E-state index contributed by atoms with van der Waals surface area (Å²) in [7, 11) is 0. The number of hydrogen-bond acceptors (Lipinski definition) is 5. The van der Waals surface area contributed by atoms with E-state index in [0.29, 0.717) is 18.0 Å². The molecule has 0 aromatic carbocycles. The molecule has 4 heterocycles. The van der Waals surface area contributed by atoms with E-state index in [2.05, 4.69) is 21.3 Å². The number of nitrogens with one attached hydrogen (secondary N) is 1. The molecular weight excluding hydrogens is 416 g/mol. The van der Waals surface area contributed by atoms with E-state index in [0.717, 1.165) is 30.6 Å². The maximum absolute atomic E-state index is 13.5. The average molecular weight is 449 g/mol. The molecule has 1 amide bonds. The molecule has 4 aliphatic rings. The highest BCUT2D eigenvalue weighted by Gasteiger charge is 2.56. The van der Waals surface area contributed by atoms with Crippen LogP contribution in [0.25, 0.3) is 11.1 Å². The van der Waals surface area contributed by atoms with Crippen LogP contribution in [0.4, 0.5) is 0 Å². The summed E-state index contributed by atoms with van der Waals surface area (Å²) in [6.45, 7) is 1.37. The van der Waals surface area contributed by atoms with E-state index in [1.54, 1.807) is 12.4 Å². The molecule has 6 rings (SSSR count). The molecule has 4 atom stereocenters. The molecule has 2 saturated carbocycles. The van der Waals surface area contributed by atoms with Crippen molar-refractivity contribution in [1.82, 2.24) is 19.8 Å². The average Bonchev–Trinajstić information content (AvgIpc) is 3.22. The minimum absolute atomic E-state index is 0.00211. The van der Waals surface area contributed by atoms with Crippen LogP contribution in [-0.2, 0) is 11.3 Å². The molecule has 2 N–H and O–H groups in total. The molecule has 7 nitrogen and oxygen atoms in total. The zero-order valence-electron chi connectivity index (χ0n) is 18.9. The van der Waals surface area contributed by atoms with Crippen LogP contribution < -0.4 is 10.9 Å². The number of aromatic nitrogens is 2. The summed E-state index contributed by atoms with van der Waals surface area (Å²) in [5.41, 5.74) is 2.44. The van der Waals surface area contributed by atoms with Gasteiger partial charge in [-0.3, -0.25) is 19.5 Å². The van der Waals surface area contributed by atoms with Crippen molar-refractivity contribution in [3.05, 3.63) is 52.7 Å². The van der Waals surface area contributed by atoms with Crippen molar-refractivity contribution in [2.75, 3.05) is 13.2 Å². The number of amides is 1. The summed E-state index contributed by atoms with van der Waals surface area (Å²) in [6, 6.07) is 7.64. The Hall–Kier alpha value is -2.51. The lowest BCUT2D eigenvalue weighted by molar-refractivity contribution is -0.128. The number of aliphatic hydroxyl groups excluding tert-OH is 1. The first kappa shape index (κ1) is 21.1. The number of nitrogens with zero attached hydrogens (tertiary/aromatic N) is 3. The van der Waals surface area contributed by atoms with Crippen LogP contribution in [0, 0.1) is 17.8 Å². The number of aliphatic hydroxyl groups is 1. The minimum Gasteiger partial charge on any atom is -0.396 e. The van der Waals surface area contributed by atoms with Gasteiger partial charge in [0.15, 0.2) is 0 Å². The van der Waals surface area contributed by atoms with E-state index in [9.17, 15) is 14.7 Å². The smallest absolute Gasteiger partial charge is 0.258 e. The normalized spacial score (nSPS) is 29.2. The Kier molecular flexibility index (Phi) is 5.34. The van der Waals surface area contributed by atoms with Crippen LogP contribution in [0.5, 0.6) is 0 Å². The molecule has 174 valence electrons. The van der Waals surface area contributed by atoms with Gasteiger partial charge in [0.1, 0.15) is 0 Å². The summed E-state index contributed by atoms with van der Waals surface area (Å²) in [6.07, 6.45) is 10.3. The number of carbonyl (C=O) groups excluding carboxylic acids is 1. The third-order valence-corrected chi connectivity index (χ3v) is 8.30. The third kappa shape index (κ3) is 3.62. The highest BCUT2D eigenvalue weighted by atomic mass is 16.3. The fourth-order valence-electron chi connectivity index (χ4n) is 6.51. The van der Waals surface area contributed by atoms with E-state index >= 15 is 0 Å². The fourth-order valence-corrected chi connectivity index (χ4v) is 6.51.